The summed E-state index contributed by atoms with van der Waals surface area (Å²) < 4.78 is 85.7. The van der Waals surface area contributed by atoms with E-state index in [-0.39, 0.29) is 35.4 Å². The Labute approximate surface area is 182 Å². The fourth-order valence-corrected chi connectivity index (χ4v) is 3.01. The fraction of sp³-hybridized carbons (Fsp3) is 0.143. The van der Waals surface area contributed by atoms with Gasteiger partial charge in [0, 0.05) is 12.6 Å². The van der Waals surface area contributed by atoms with Gasteiger partial charge in [-0.05, 0) is 36.2 Å². The molecule has 0 radical (unpaired) electrons. The summed E-state index contributed by atoms with van der Waals surface area (Å²) in [7, 11) is 0. The number of rotatable bonds is 6. The molecular formula is C21H13F6N5O. The van der Waals surface area contributed by atoms with Crippen molar-refractivity contribution in [2.45, 2.75) is 12.6 Å². The number of nitrogens with one attached hydrogen (secondary N) is 1. The smallest absolute Gasteiger partial charge is 0.433 e. The molecule has 0 aliphatic heterocycles. The van der Waals surface area contributed by atoms with Crippen LogP contribution >= 0.6 is 0 Å². The topological polar surface area (TPSA) is 72.8 Å². The number of halogens is 6. The number of benzene rings is 2. The highest BCUT2D eigenvalue weighted by atomic mass is 19.4. The highest BCUT2D eigenvalue weighted by Crippen LogP contribution is 2.31. The molecule has 0 aliphatic rings. The molecular weight excluding hydrogens is 452 g/mol. The number of anilines is 1. The Morgan fingerprint density at radius 3 is 2.33 bits per heavy atom. The molecule has 0 aliphatic carbocycles. The molecule has 12 heteroatoms. The van der Waals surface area contributed by atoms with Gasteiger partial charge in [-0.25, -0.2) is 33.1 Å². The van der Waals surface area contributed by atoms with E-state index in [1.807, 2.05) is 0 Å². The molecule has 2 heterocycles. The van der Waals surface area contributed by atoms with Crippen molar-refractivity contribution in [3.8, 4) is 11.6 Å². The minimum Gasteiger partial charge on any atom is -0.436 e. The molecule has 0 atom stereocenters. The molecule has 33 heavy (non-hydrogen) atoms. The summed E-state index contributed by atoms with van der Waals surface area (Å²) >= 11 is 0. The number of ether oxygens (including phenoxy) is 1. The molecule has 0 bridgehead atoms. The predicted molar refractivity (Wildman–Crippen MR) is 105 cm³/mol. The Kier molecular flexibility index (Phi) is 5.99. The van der Waals surface area contributed by atoms with E-state index in [1.54, 1.807) is 0 Å². The highest BCUT2D eigenvalue weighted by molar-refractivity contribution is 5.89. The quantitative estimate of drug-likeness (QED) is 0.390. The minimum atomic E-state index is -4.69. The lowest BCUT2D eigenvalue weighted by atomic mass is 10.1. The van der Waals surface area contributed by atoms with Gasteiger partial charge in [0.2, 0.25) is 5.88 Å². The molecule has 2 aromatic heterocycles. The molecule has 2 aromatic carbocycles. The van der Waals surface area contributed by atoms with Gasteiger partial charge in [-0.15, -0.1) is 0 Å². The van der Waals surface area contributed by atoms with Crippen molar-refractivity contribution in [3.05, 3.63) is 77.8 Å². The predicted octanol–water partition coefficient (Wildman–Crippen LogP) is 5.30. The lowest BCUT2D eigenvalue weighted by Crippen LogP contribution is -2.09. The fourth-order valence-electron chi connectivity index (χ4n) is 3.01. The van der Waals surface area contributed by atoms with E-state index in [0.29, 0.717) is 18.0 Å². The number of alkyl halides is 3. The zero-order valence-corrected chi connectivity index (χ0v) is 16.5. The lowest BCUT2D eigenvalue weighted by Gasteiger charge is -2.11. The zero-order valence-electron chi connectivity index (χ0n) is 16.5. The molecule has 6 nitrogen and oxygen atoms in total. The second-order valence-corrected chi connectivity index (χ2v) is 6.76. The van der Waals surface area contributed by atoms with Gasteiger partial charge in [-0.3, -0.25) is 0 Å². The van der Waals surface area contributed by atoms with Crippen LogP contribution in [0.25, 0.3) is 10.9 Å². The van der Waals surface area contributed by atoms with Gasteiger partial charge >= 0.3 is 6.18 Å². The van der Waals surface area contributed by atoms with Crippen molar-refractivity contribution in [2.24, 2.45) is 0 Å². The number of hydrogen-bond donors (Lipinski definition) is 1. The first-order chi connectivity index (χ1) is 15.7. The van der Waals surface area contributed by atoms with Gasteiger partial charge in [0.15, 0.2) is 17.3 Å². The SMILES string of the molecule is Fc1cc(CCNc2ncnc3c(F)ccc(F)c23)ccc1Oc1cc(C(F)(F)F)ncn1. The average Bonchev–Trinajstić information content (AvgIpc) is 2.78. The normalized spacial score (nSPS) is 11.6. The van der Waals surface area contributed by atoms with Crippen LogP contribution < -0.4 is 10.1 Å². The van der Waals surface area contributed by atoms with Crippen LogP contribution in [0.4, 0.5) is 32.2 Å². The van der Waals surface area contributed by atoms with Crippen molar-refractivity contribution in [1.29, 1.82) is 0 Å². The van der Waals surface area contributed by atoms with Crippen LogP contribution in [0.5, 0.6) is 11.6 Å². The Balaban J connectivity index is 1.44. The molecule has 0 spiro atoms. The third-order valence-electron chi connectivity index (χ3n) is 4.54. The van der Waals surface area contributed by atoms with Crippen molar-refractivity contribution in [1.82, 2.24) is 19.9 Å². The van der Waals surface area contributed by atoms with E-state index in [0.717, 1.165) is 24.5 Å². The first-order valence-corrected chi connectivity index (χ1v) is 9.40. The molecule has 0 saturated heterocycles. The van der Waals surface area contributed by atoms with Crippen molar-refractivity contribution in [2.75, 3.05) is 11.9 Å². The van der Waals surface area contributed by atoms with Gasteiger partial charge < -0.3 is 10.1 Å². The molecule has 0 amide bonds. The summed E-state index contributed by atoms with van der Waals surface area (Å²) in [5.74, 6) is -2.91. The summed E-state index contributed by atoms with van der Waals surface area (Å²) in [6.45, 7) is 0.197. The molecule has 1 N–H and O–H groups in total. The third-order valence-corrected chi connectivity index (χ3v) is 4.54. The van der Waals surface area contributed by atoms with Crippen LogP contribution in [-0.4, -0.2) is 26.5 Å². The Bertz CT molecular complexity index is 1310. The largest absolute Gasteiger partial charge is 0.436 e. The van der Waals surface area contributed by atoms with E-state index in [2.05, 4.69) is 25.3 Å². The summed E-state index contributed by atoms with van der Waals surface area (Å²) in [6, 6.07) is 6.38. The first-order valence-electron chi connectivity index (χ1n) is 9.40. The second-order valence-electron chi connectivity index (χ2n) is 6.76. The van der Waals surface area contributed by atoms with Crippen molar-refractivity contribution < 1.29 is 31.1 Å². The van der Waals surface area contributed by atoms with Gasteiger partial charge in [0.1, 0.15) is 35.6 Å². The lowest BCUT2D eigenvalue weighted by molar-refractivity contribution is -0.141. The average molecular weight is 465 g/mol. The monoisotopic (exact) mass is 465 g/mol. The minimum absolute atomic E-state index is 0.0849. The zero-order chi connectivity index (χ0) is 23.6. The van der Waals surface area contributed by atoms with Crippen LogP contribution in [-0.2, 0) is 12.6 Å². The maximum atomic E-state index is 14.4. The molecule has 4 aromatic rings. The van der Waals surface area contributed by atoms with E-state index >= 15 is 0 Å². The Morgan fingerprint density at radius 1 is 0.818 bits per heavy atom. The second kappa shape index (κ2) is 8.88. The molecule has 0 unspecified atom stereocenters. The summed E-state index contributed by atoms with van der Waals surface area (Å²) in [5, 5.41) is 2.76. The van der Waals surface area contributed by atoms with Crippen LogP contribution in [0, 0.1) is 17.5 Å². The summed E-state index contributed by atoms with van der Waals surface area (Å²) in [5.41, 5.74) is -0.876. The first kappa shape index (κ1) is 22.2. The van der Waals surface area contributed by atoms with Crippen LogP contribution in [0.3, 0.4) is 0 Å². The van der Waals surface area contributed by atoms with E-state index < -0.39 is 35.2 Å². The van der Waals surface area contributed by atoms with Crippen LogP contribution in [0.15, 0.2) is 49.1 Å². The maximum absolute atomic E-state index is 14.4. The van der Waals surface area contributed by atoms with E-state index in [4.69, 9.17) is 4.74 Å². The third kappa shape index (κ3) is 4.94. The van der Waals surface area contributed by atoms with Gasteiger partial charge in [-0.2, -0.15) is 13.2 Å². The summed E-state index contributed by atoms with van der Waals surface area (Å²) in [6.07, 6.45) is -2.66. The Hall–Kier alpha value is -3.96. The van der Waals surface area contributed by atoms with Gasteiger partial charge in [-0.1, -0.05) is 6.07 Å². The molecule has 4 rings (SSSR count). The molecule has 0 fully saturated rings. The van der Waals surface area contributed by atoms with Gasteiger partial charge in [0.25, 0.3) is 0 Å². The van der Waals surface area contributed by atoms with Crippen LogP contribution in [0.1, 0.15) is 11.3 Å². The highest BCUT2D eigenvalue weighted by Gasteiger charge is 2.33. The Morgan fingerprint density at radius 2 is 1.58 bits per heavy atom. The van der Waals surface area contributed by atoms with Gasteiger partial charge in [0.05, 0.1) is 5.39 Å². The summed E-state index contributed by atoms with van der Waals surface area (Å²) in [4.78, 5) is 14.3. The van der Waals surface area contributed by atoms with Crippen LogP contribution in [0.2, 0.25) is 0 Å². The van der Waals surface area contributed by atoms with Crippen molar-refractivity contribution in [3.63, 3.8) is 0 Å². The van der Waals surface area contributed by atoms with E-state index in [9.17, 15) is 26.3 Å². The molecule has 0 saturated carbocycles. The number of aromatic nitrogens is 4. The number of fused-ring (bicyclic) bond motifs is 1. The molecule has 170 valence electrons. The van der Waals surface area contributed by atoms with Crippen molar-refractivity contribution >= 4 is 16.7 Å². The number of hydrogen-bond acceptors (Lipinski definition) is 6. The number of nitrogens with zero attached hydrogens (tertiary/aromatic N) is 4. The maximum Gasteiger partial charge on any atom is 0.433 e. The standard InChI is InChI=1S/C21H13F6N5O/c22-12-2-3-13(23)19-18(12)20(32-10-31-19)28-6-5-11-1-4-15(14(24)7-11)33-17-8-16(21(25,26)27)29-9-30-17/h1-4,7-10H,5-6H2,(H,28,31,32). The van der Waals surface area contributed by atoms with E-state index in [1.165, 1.54) is 12.1 Å².